The van der Waals surface area contributed by atoms with E-state index in [-0.39, 0.29) is 0 Å². The van der Waals surface area contributed by atoms with Crippen LogP contribution in [0.25, 0.3) is 133 Å². The van der Waals surface area contributed by atoms with E-state index in [4.69, 9.17) is 0 Å². The van der Waals surface area contributed by atoms with Crippen LogP contribution in [0.4, 0.5) is 34.1 Å². The van der Waals surface area contributed by atoms with Crippen LogP contribution in [0.2, 0.25) is 0 Å². The number of fused-ring (bicyclic) bond motifs is 8. The van der Waals surface area contributed by atoms with Crippen LogP contribution in [0.1, 0.15) is 29.3 Å². The number of anilines is 6. The van der Waals surface area contributed by atoms with Crippen molar-refractivity contribution in [2.24, 2.45) is 0 Å². The Balaban J connectivity index is 0.650. The molecule has 0 N–H and O–H groups in total. The molecule has 4 nitrogen and oxygen atoms in total. The van der Waals surface area contributed by atoms with Crippen molar-refractivity contribution in [2.45, 2.75) is 13.3 Å². The number of benzene rings is 16. The van der Waals surface area contributed by atoms with E-state index < -0.39 is 0 Å². The summed E-state index contributed by atoms with van der Waals surface area (Å²) in [6.07, 6.45) is 7.12. The van der Waals surface area contributed by atoms with Crippen LogP contribution in [-0.4, -0.2) is 9.13 Å². The predicted octanol–water partition coefficient (Wildman–Crippen LogP) is 27.6. The Morgan fingerprint density at radius 3 is 1.31 bits per heavy atom. The molecule has 0 fully saturated rings. The van der Waals surface area contributed by atoms with Crippen LogP contribution in [-0.2, 0) is 6.42 Å². The minimum absolute atomic E-state index is 0.782. The number of aromatic nitrogens is 2. The van der Waals surface area contributed by atoms with Gasteiger partial charge in [-0.25, -0.2) is 0 Å². The number of nitrogens with zero attached hydrogens (tertiary/aromatic N) is 4. The molecular weight excluding hydrogens is 1260 g/mol. The van der Waals surface area contributed by atoms with Crippen molar-refractivity contribution < 1.29 is 0 Å². The van der Waals surface area contributed by atoms with E-state index in [0.717, 1.165) is 96.6 Å². The smallest absolute Gasteiger partial charge is 0.0619 e. The van der Waals surface area contributed by atoms with Gasteiger partial charge in [0.05, 0.1) is 39.3 Å². The highest BCUT2D eigenvalue weighted by Crippen LogP contribution is 2.46. The SMILES string of the molecule is C=Cc1c(/C=C\C)c2ccc3ccccc3c2n1-c1ccccc1-c1ccc(N(c2ccc(-c3cccc(Cc4ccc(N(c5ccc(-c6ccccc6)cc5)c5ccc(-c6ccccc6-n6c7ccccc7c7ccc8ccccc8c76)cc5)cc4)c3)cc2)c2ccccc2-c2ccccc2)cc1. The van der Waals surface area contributed by atoms with Gasteiger partial charge in [0.1, 0.15) is 0 Å². The van der Waals surface area contributed by atoms with Crippen molar-refractivity contribution in [3.05, 3.63) is 411 Å². The van der Waals surface area contributed by atoms with Crippen molar-refractivity contribution in [3.8, 4) is 67.0 Å². The first-order valence-corrected chi connectivity index (χ1v) is 35.8. The lowest BCUT2D eigenvalue weighted by atomic mass is 9.98. The molecule has 0 unspecified atom stereocenters. The van der Waals surface area contributed by atoms with Crippen LogP contribution >= 0.6 is 0 Å². The average molecular weight is 1330 g/mol. The maximum absolute atomic E-state index is 4.39. The van der Waals surface area contributed by atoms with Gasteiger partial charge < -0.3 is 18.9 Å². The van der Waals surface area contributed by atoms with Gasteiger partial charge in [0.2, 0.25) is 0 Å². The lowest BCUT2D eigenvalue weighted by molar-refractivity contribution is 1.11. The fourth-order valence-electron chi connectivity index (χ4n) is 15.8. The molecule has 0 amide bonds. The van der Waals surface area contributed by atoms with E-state index >= 15 is 0 Å². The number of rotatable bonds is 17. The summed E-state index contributed by atoms with van der Waals surface area (Å²) in [5, 5.41) is 8.57. The Kier molecular flexibility index (Phi) is 16.4. The van der Waals surface area contributed by atoms with Gasteiger partial charge in [0, 0.05) is 77.6 Å². The van der Waals surface area contributed by atoms with Crippen LogP contribution in [0.15, 0.2) is 389 Å². The molecule has 18 aromatic rings. The number of hydrogen-bond donors (Lipinski definition) is 0. The fraction of sp³-hybridized carbons (Fsp3) is 0.0200. The van der Waals surface area contributed by atoms with Crippen molar-refractivity contribution >= 4 is 101 Å². The van der Waals surface area contributed by atoms with Gasteiger partial charge >= 0.3 is 0 Å². The highest BCUT2D eigenvalue weighted by atomic mass is 15.1. The van der Waals surface area contributed by atoms with Gasteiger partial charge in [0.25, 0.3) is 0 Å². The summed E-state index contributed by atoms with van der Waals surface area (Å²) < 4.78 is 4.89. The summed E-state index contributed by atoms with van der Waals surface area (Å²) in [5.74, 6) is 0. The molecule has 18 rings (SSSR count). The molecule has 2 heterocycles. The Labute approximate surface area is 607 Å². The van der Waals surface area contributed by atoms with Crippen LogP contribution in [0.3, 0.4) is 0 Å². The minimum Gasteiger partial charge on any atom is -0.311 e. The van der Waals surface area contributed by atoms with E-state index in [1.165, 1.54) is 87.6 Å². The zero-order valence-corrected chi connectivity index (χ0v) is 57.7. The van der Waals surface area contributed by atoms with Gasteiger partial charge in [0.15, 0.2) is 0 Å². The fourth-order valence-corrected chi connectivity index (χ4v) is 15.8. The second kappa shape index (κ2) is 27.2. The second-order valence-corrected chi connectivity index (χ2v) is 26.7. The lowest BCUT2D eigenvalue weighted by Crippen LogP contribution is -2.11. The molecule has 104 heavy (non-hydrogen) atoms. The number of hydrogen-bond acceptors (Lipinski definition) is 2. The Morgan fingerprint density at radius 1 is 0.298 bits per heavy atom. The third-order valence-corrected chi connectivity index (χ3v) is 20.6. The molecule has 0 spiro atoms. The molecule has 0 bridgehead atoms. The van der Waals surface area contributed by atoms with E-state index in [2.05, 4.69) is 421 Å². The normalized spacial score (nSPS) is 11.5. The standard InChI is InChI=1S/C100H72N4/c1-3-24-90-92-65-53-75-30-11-13-36-88(75)99(92)103(94(90)4-2)96-40-20-16-34-86(96)78-51-63-84(64-52-78)102(95-39-19-15-33-85(95)74-28-9-6-10-29-74)83-59-47-73(48-60-83)79-32-23-25-70(68-79)67-69-43-55-80(56-44-69)101(81-57-45-72(46-58-81)71-26-7-5-8-27-71)82-61-49-77(50-62-82)87-35-17-21-41-97(87)104-98-42-22-18-38-91(98)93-66-54-76-31-12-14-37-89(76)100(93)104/h3-66,68H,2,67H2,1H3/b24-3-. The molecule has 16 aromatic carbocycles. The molecule has 0 radical (unpaired) electrons. The van der Waals surface area contributed by atoms with Crippen LogP contribution < -0.4 is 9.80 Å². The summed E-state index contributed by atoms with van der Waals surface area (Å²) in [4.78, 5) is 4.78. The first-order chi connectivity index (χ1) is 51.5. The summed E-state index contributed by atoms with van der Waals surface area (Å²) in [6.45, 7) is 6.47. The summed E-state index contributed by atoms with van der Waals surface area (Å²) >= 11 is 0. The Hall–Kier alpha value is -13.5. The highest BCUT2D eigenvalue weighted by molar-refractivity contribution is 6.19. The van der Waals surface area contributed by atoms with Gasteiger partial charge in [-0.1, -0.05) is 310 Å². The number of allylic oxidation sites excluding steroid dienone is 1. The summed E-state index contributed by atoms with van der Waals surface area (Å²) in [5.41, 5.74) is 28.6. The second-order valence-electron chi connectivity index (χ2n) is 26.7. The van der Waals surface area contributed by atoms with Crippen molar-refractivity contribution in [1.82, 2.24) is 9.13 Å². The van der Waals surface area contributed by atoms with Crippen molar-refractivity contribution in [2.75, 3.05) is 9.80 Å². The van der Waals surface area contributed by atoms with Crippen LogP contribution in [0, 0.1) is 0 Å². The zero-order valence-electron chi connectivity index (χ0n) is 57.7. The van der Waals surface area contributed by atoms with Gasteiger partial charge in [-0.15, -0.1) is 0 Å². The van der Waals surface area contributed by atoms with Crippen LogP contribution in [0.5, 0.6) is 0 Å². The molecule has 4 heteroatoms. The van der Waals surface area contributed by atoms with Gasteiger partial charge in [-0.3, -0.25) is 0 Å². The van der Waals surface area contributed by atoms with Crippen molar-refractivity contribution in [3.63, 3.8) is 0 Å². The predicted molar refractivity (Wildman–Crippen MR) is 443 cm³/mol. The van der Waals surface area contributed by atoms with E-state index in [9.17, 15) is 0 Å². The summed E-state index contributed by atoms with van der Waals surface area (Å²) in [6, 6.07) is 137. The molecule has 0 aliphatic carbocycles. The third-order valence-electron chi connectivity index (χ3n) is 20.6. The summed E-state index contributed by atoms with van der Waals surface area (Å²) in [7, 11) is 0. The molecule has 0 aliphatic heterocycles. The molecule has 0 atom stereocenters. The zero-order chi connectivity index (χ0) is 69.5. The molecule has 2 aromatic heterocycles. The maximum atomic E-state index is 4.39. The monoisotopic (exact) mass is 1330 g/mol. The third kappa shape index (κ3) is 11.4. The van der Waals surface area contributed by atoms with E-state index in [1.54, 1.807) is 0 Å². The van der Waals surface area contributed by atoms with Crippen molar-refractivity contribution in [1.29, 1.82) is 0 Å². The maximum Gasteiger partial charge on any atom is 0.0619 e. The van der Waals surface area contributed by atoms with E-state index in [0.29, 0.717) is 0 Å². The Morgan fingerprint density at radius 2 is 0.721 bits per heavy atom. The first kappa shape index (κ1) is 62.7. The van der Waals surface area contributed by atoms with Gasteiger partial charge in [-0.2, -0.15) is 0 Å². The average Bonchev–Trinajstić information content (AvgIpc) is 1.57. The first-order valence-electron chi connectivity index (χ1n) is 35.8. The highest BCUT2D eigenvalue weighted by Gasteiger charge is 2.24. The lowest BCUT2D eigenvalue weighted by Gasteiger charge is -2.28. The molecular formula is C100H72N4. The molecule has 0 saturated heterocycles. The molecule has 0 aliphatic rings. The minimum atomic E-state index is 0.782. The largest absolute Gasteiger partial charge is 0.311 e. The topological polar surface area (TPSA) is 16.3 Å². The number of para-hydroxylation sites is 4. The van der Waals surface area contributed by atoms with E-state index in [1.807, 2.05) is 6.08 Å². The van der Waals surface area contributed by atoms with Gasteiger partial charge in [-0.05, 0) is 165 Å². The molecule has 492 valence electrons. The Bertz CT molecular complexity index is 6240. The molecule has 0 saturated carbocycles. The quantitative estimate of drug-likeness (QED) is 0.0903.